The Morgan fingerprint density at radius 3 is 2.71 bits per heavy atom. The number of aromatic nitrogens is 1. The Morgan fingerprint density at radius 1 is 1.29 bits per heavy atom. The molecular weight excluding hydrogens is 266 g/mol. The third kappa shape index (κ3) is 3.24. The first-order chi connectivity index (χ1) is 10.2. The van der Waals surface area contributed by atoms with Crippen molar-refractivity contribution in [1.82, 2.24) is 10.1 Å². The monoisotopic (exact) mass is 285 g/mol. The van der Waals surface area contributed by atoms with Crippen molar-refractivity contribution in [2.45, 2.75) is 19.8 Å². The first-order valence-corrected chi connectivity index (χ1v) is 7.30. The number of likely N-dealkylation sites (tertiary alicyclic amines) is 1. The van der Waals surface area contributed by atoms with Gasteiger partial charge in [-0.2, -0.15) is 0 Å². The van der Waals surface area contributed by atoms with Gasteiger partial charge in [-0.25, -0.2) is 4.79 Å². The van der Waals surface area contributed by atoms with E-state index in [0.29, 0.717) is 17.5 Å². The molecule has 2 amide bonds. The summed E-state index contributed by atoms with van der Waals surface area (Å²) in [6.07, 6.45) is 2.11. The predicted molar refractivity (Wildman–Crippen MR) is 80.9 cm³/mol. The molecule has 1 aromatic carbocycles. The summed E-state index contributed by atoms with van der Waals surface area (Å²) in [5, 5.41) is 6.71. The predicted octanol–water partition coefficient (Wildman–Crippen LogP) is 3.61. The van der Waals surface area contributed by atoms with Crippen molar-refractivity contribution >= 4 is 11.8 Å². The minimum Gasteiger partial charge on any atom is -0.354 e. The lowest BCUT2D eigenvalue weighted by atomic mass is 10.00. The van der Waals surface area contributed by atoms with Gasteiger partial charge in [-0.05, 0) is 18.8 Å². The van der Waals surface area contributed by atoms with Gasteiger partial charge in [0.1, 0.15) is 0 Å². The molecule has 0 unspecified atom stereocenters. The maximum atomic E-state index is 12.2. The smallest absolute Gasteiger partial charge is 0.323 e. The molecule has 0 saturated carbocycles. The van der Waals surface area contributed by atoms with Crippen molar-refractivity contribution in [2.75, 3.05) is 18.4 Å². The van der Waals surface area contributed by atoms with Crippen LogP contribution in [-0.2, 0) is 0 Å². The number of hydrogen-bond donors (Lipinski definition) is 1. The molecule has 110 valence electrons. The molecule has 1 fully saturated rings. The molecule has 2 heterocycles. The number of hydrogen-bond acceptors (Lipinski definition) is 3. The van der Waals surface area contributed by atoms with E-state index in [1.807, 2.05) is 35.2 Å². The van der Waals surface area contributed by atoms with E-state index in [1.165, 1.54) is 0 Å². The van der Waals surface area contributed by atoms with Gasteiger partial charge in [-0.15, -0.1) is 0 Å². The molecular formula is C16H19N3O2. The van der Waals surface area contributed by atoms with Crippen molar-refractivity contribution in [3.63, 3.8) is 0 Å². The van der Waals surface area contributed by atoms with Crippen LogP contribution < -0.4 is 5.32 Å². The maximum absolute atomic E-state index is 12.2. The highest BCUT2D eigenvalue weighted by Gasteiger charge is 2.21. The molecule has 0 bridgehead atoms. The number of amides is 2. The maximum Gasteiger partial charge on any atom is 0.323 e. The van der Waals surface area contributed by atoms with Crippen molar-refractivity contribution in [2.24, 2.45) is 5.92 Å². The van der Waals surface area contributed by atoms with E-state index >= 15 is 0 Å². The molecule has 1 saturated heterocycles. The summed E-state index contributed by atoms with van der Waals surface area (Å²) in [7, 11) is 0. The average Bonchev–Trinajstić information content (AvgIpc) is 2.97. The molecule has 1 N–H and O–H groups in total. The van der Waals surface area contributed by atoms with Crippen LogP contribution in [0.15, 0.2) is 40.9 Å². The molecule has 1 aliphatic rings. The fraction of sp³-hybridized carbons (Fsp3) is 0.375. The van der Waals surface area contributed by atoms with Crippen LogP contribution in [0.3, 0.4) is 0 Å². The van der Waals surface area contributed by atoms with Gasteiger partial charge in [0.25, 0.3) is 0 Å². The third-order valence-corrected chi connectivity index (χ3v) is 3.87. The number of carbonyl (C=O) groups is 1. The molecule has 0 radical (unpaired) electrons. The summed E-state index contributed by atoms with van der Waals surface area (Å²) in [6, 6.07) is 11.3. The molecule has 1 aromatic heterocycles. The van der Waals surface area contributed by atoms with Gasteiger partial charge in [0, 0.05) is 24.7 Å². The van der Waals surface area contributed by atoms with Crippen LogP contribution in [0.4, 0.5) is 10.6 Å². The van der Waals surface area contributed by atoms with Gasteiger partial charge < -0.3 is 9.42 Å². The second-order valence-electron chi connectivity index (χ2n) is 5.54. The lowest BCUT2D eigenvalue weighted by Gasteiger charge is -2.29. The van der Waals surface area contributed by atoms with E-state index < -0.39 is 0 Å². The molecule has 5 heteroatoms. The zero-order valence-electron chi connectivity index (χ0n) is 12.1. The molecule has 3 rings (SSSR count). The summed E-state index contributed by atoms with van der Waals surface area (Å²) >= 11 is 0. The van der Waals surface area contributed by atoms with Crippen LogP contribution >= 0.6 is 0 Å². The second-order valence-corrected chi connectivity index (χ2v) is 5.54. The van der Waals surface area contributed by atoms with Crippen LogP contribution in [0.1, 0.15) is 19.8 Å². The molecule has 1 aliphatic heterocycles. The van der Waals surface area contributed by atoms with E-state index in [9.17, 15) is 4.79 Å². The Balaban J connectivity index is 1.63. The Hall–Kier alpha value is -2.30. The van der Waals surface area contributed by atoms with Crippen LogP contribution in [-0.4, -0.2) is 29.2 Å². The number of carbonyl (C=O) groups excluding carboxylic acids is 1. The van der Waals surface area contributed by atoms with Crippen LogP contribution in [0, 0.1) is 5.92 Å². The van der Waals surface area contributed by atoms with Gasteiger partial charge in [0.05, 0.1) is 0 Å². The largest absolute Gasteiger partial charge is 0.354 e. The zero-order valence-corrected chi connectivity index (χ0v) is 12.1. The normalized spacial score (nSPS) is 16.0. The quantitative estimate of drug-likeness (QED) is 0.917. The van der Waals surface area contributed by atoms with Gasteiger partial charge >= 0.3 is 6.03 Å². The average molecular weight is 285 g/mol. The Kier molecular flexibility index (Phi) is 3.90. The number of anilines is 1. The Morgan fingerprint density at radius 2 is 2.00 bits per heavy atom. The van der Waals surface area contributed by atoms with Gasteiger partial charge in [0.15, 0.2) is 11.6 Å². The summed E-state index contributed by atoms with van der Waals surface area (Å²) in [5.74, 6) is 1.81. The lowest BCUT2D eigenvalue weighted by Crippen LogP contribution is -2.40. The first-order valence-electron chi connectivity index (χ1n) is 7.30. The number of nitrogens with zero attached hydrogens (tertiary/aromatic N) is 2. The van der Waals surface area contributed by atoms with E-state index in [-0.39, 0.29) is 6.03 Å². The standard InChI is InChI=1S/C16H19N3O2/c1-12-7-9-19(10-8-12)16(20)17-15-11-14(21-18-15)13-5-3-2-4-6-13/h2-6,11-12H,7-10H2,1H3,(H,17,18,20). The minimum absolute atomic E-state index is 0.102. The number of piperidine rings is 1. The number of rotatable bonds is 2. The number of benzene rings is 1. The molecule has 0 aliphatic carbocycles. The third-order valence-electron chi connectivity index (χ3n) is 3.87. The summed E-state index contributed by atoms with van der Waals surface area (Å²) in [5.41, 5.74) is 0.942. The lowest BCUT2D eigenvalue weighted by molar-refractivity contribution is 0.186. The molecule has 5 nitrogen and oxygen atoms in total. The highest BCUT2D eigenvalue weighted by molar-refractivity contribution is 5.88. The molecule has 2 aromatic rings. The highest BCUT2D eigenvalue weighted by Crippen LogP contribution is 2.22. The van der Waals surface area contributed by atoms with Crippen molar-refractivity contribution in [1.29, 1.82) is 0 Å². The zero-order chi connectivity index (χ0) is 14.7. The van der Waals surface area contributed by atoms with E-state index in [4.69, 9.17) is 4.52 Å². The van der Waals surface area contributed by atoms with Gasteiger partial charge in [-0.3, -0.25) is 5.32 Å². The highest BCUT2D eigenvalue weighted by atomic mass is 16.5. The summed E-state index contributed by atoms with van der Waals surface area (Å²) < 4.78 is 5.27. The number of urea groups is 1. The van der Waals surface area contributed by atoms with Gasteiger partial charge in [-0.1, -0.05) is 42.4 Å². The van der Waals surface area contributed by atoms with Crippen LogP contribution in [0.5, 0.6) is 0 Å². The minimum atomic E-state index is -0.102. The molecule has 0 spiro atoms. The van der Waals surface area contributed by atoms with Gasteiger partial charge in [0.2, 0.25) is 0 Å². The van der Waals surface area contributed by atoms with Crippen LogP contribution in [0.2, 0.25) is 0 Å². The fourth-order valence-electron chi connectivity index (χ4n) is 2.47. The van der Waals surface area contributed by atoms with E-state index in [1.54, 1.807) is 6.07 Å². The first kappa shape index (κ1) is 13.7. The fourth-order valence-corrected chi connectivity index (χ4v) is 2.47. The number of nitrogens with one attached hydrogen (secondary N) is 1. The van der Waals surface area contributed by atoms with E-state index in [2.05, 4.69) is 17.4 Å². The SMILES string of the molecule is CC1CCN(C(=O)Nc2cc(-c3ccccc3)on2)CC1. The molecule has 0 atom stereocenters. The van der Waals surface area contributed by atoms with Crippen molar-refractivity contribution < 1.29 is 9.32 Å². The Bertz CT molecular complexity index is 601. The molecule has 21 heavy (non-hydrogen) atoms. The van der Waals surface area contributed by atoms with Crippen LogP contribution in [0.25, 0.3) is 11.3 Å². The van der Waals surface area contributed by atoms with Crippen molar-refractivity contribution in [3.05, 3.63) is 36.4 Å². The second kappa shape index (κ2) is 5.99. The topological polar surface area (TPSA) is 58.4 Å². The Labute approximate surface area is 123 Å². The van der Waals surface area contributed by atoms with E-state index in [0.717, 1.165) is 31.5 Å². The summed E-state index contributed by atoms with van der Waals surface area (Å²) in [4.78, 5) is 14.0. The summed E-state index contributed by atoms with van der Waals surface area (Å²) in [6.45, 7) is 3.83. The van der Waals surface area contributed by atoms with Crippen molar-refractivity contribution in [3.8, 4) is 11.3 Å².